The Morgan fingerprint density at radius 2 is 2.00 bits per heavy atom. The molecular formula is C17H23N5O2. The van der Waals surface area contributed by atoms with Crippen molar-refractivity contribution in [1.29, 1.82) is 0 Å². The van der Waals surface area contributed by atoms with Crippen molar-refractivity contribution >= 4 is 17.7 Å². The molecule has 0 saturated carbocycles. The van der Waals surface area contributed by atoms with E-state index in [0.717, 1.165) is 11.4 Å². The first-order chi connectivity index (χ1) is 11.5. The Balaban J connectivity index is 1.99. The van der Waals surface area contributed by atoms with Crippen LogP contribution in [0.4, 0.5) is 16.4 Å². The summed E-state index contributed by atoms with van der Waals surface area (Å²) in [7, 11) is 3.76. The molecule has 2 aromatic rings. The molecule has 0 spiro atoms. The maximum Gasteiger partial charge on any atom is 0.319 e. The summed E-state index contributed by atoms with van der Waals surface area (Å²) in [6.07, 6.45) is 0. The number of aromatic nitrogens is 2. The zero-order valence-corrected chi connectivity index (χ0v) is 14.5. The molecule has 2 rings (SSSR count). The lowest BCUT2D eigenvalue weighted by atomic mass is 10.3. The number of nitrogens with zero attached hydrogens (tertiary/aromatic N) is 3. The number of ether oxygens (including phenoxy) is 1. The number of hydrogen-bond donors (Lipinski definition) is 2. The molecule has 0 saturated heterocycles. The summed E-state index contributed by atoms with van der Waals surface area (Å²) in [5.74, 6) is 1.26. The van der Waals surface area contributed by atoms with Crippen molar-refractivity contribution in [2.24, 2.45) is 0 Å². The summed E-state index contributed by atoms with van der Waals surface area (Å²) in [5, 5.41) is 5.58. The van der Waals surface area contributed by atoms with E-state index in [9.17, 15) is 4.79 Å². The molecule has 0 aliphatic rings. The van der Waals surface area contributed by atoms with Gasteiger partial charge in [0, 0.05) is 19.8 Å². The maximum absolute atomic E-state index is 12.1. The molecule has 0 fully saturated rings. The zero-order chi connectivity index (χ0) is 17.5. The van der Waals surface area contributed by atoms with Crippen molar-refractivity contribution in [2.75, 3.05) is 30.9 Å². The van der Waals surface area contributed by atoms with E-state index in [4.69, 9.17) is 4.74 Å². The average molecular weight is 329 g/mol. The Hall–Kier alpha value is -2.83. The van der Waals surface area contributed by atoms with E-state index in [2.05, 4.69) is 20.6 Å². The van der Waals surface area contributed by atoms with Crippen LogP contribution in [-0.4, -0.2) is 36.7 Å². The number of para-hydroxylation sites is 2. The van der Waals surface area contributed by atoms with Crippen LogP contribution in [0, 0.1) is 6.92 Å². The monoisotopic (exact) mass is 329 g/mol. The second-order valence-electron chi connectivity index (χ2n) is 5.43. The van der Waals surface area contributed by atoms with Gasteiger partial charge in [-0.25, -0.2) is 14.8 Å². The van der Waals surface area contributed by atoms with E-state index in [1.165, 1.54) is 0 Å². The third-order valence-electron chi connectivity index (χ3n) is 3.16. The van der Waals surface area contributed by atoms with Crippen LogP contribution in [0.1, 0.15) is 18.3 Å². The number of benzene rings is 1. The molecule has 0 aliphatic carbocycles. The molecule has 0 aliphatic heterocycles. The highest BCUT2D eigenvalue weighted by molar-refractivity contribution is 5.90. The van der Waals surface area contributed by atoms with Crippen LogP contribution < -0.4 is 20.3 Å². The number of urea groups is 1. The highest BCUT2D eigenvalue weighted by atomic mass is 16.5. The second kappa shape index (κ2) is 8.14. The van der Waals surface area contributed by atoms with Gasteiger partial charge in [0.15, 0.2) is 0 Å². The first-order valence-corrected chi connectivity index (χ1v) is 7.78. The minimum atomic E-state index is -0.315. The predicted octanol–water partition coefficient (Wildman–Crippen LogP) is 2.57. The molecular weight excluding hydrogens is 306 g/mol. The number of carbonyl (C=O) groups is 1. The van der Waals surface area contributed by atoms with E-state index in [-0.39, 0.29) is 6.03 Å². The minimum absolute atomic E-state index is 0.312. The summed E-state index contributed by atoms with van der Waals surface area (Å²) in [4.78, 5) is 22.7. The van der Waals surface area contributed by atoms with E-state index in [0.29, 0.717) is 30.5 Å². The van der Waals surface area contributed by atoms with Crippen LogP contribution in [0.5, 0.6) is 5.75 Å². The van der Waals surface area contributed by atoms with E-state index in [1.54, 1.807) is 6.07 Å². The van der Waals surface area contributed by atoms with Gasteiger partial charge in [0.05, 0.1) is 24.5 Å². The number of aryl methyl sites for hydroxylation is 1. The lowest BCUT2D eigenvalue weighted by Crippen LogP contribution is -2.29. The van der Waals surface area contributed by atoms with Crippen molar-refractivity contribution in [2.45, 2.75) is 20.4 Å². The quantitative estimate of drug-likeness (QED) is 0.851. The lowest BCUT2D eigenvalue weighted by molar-refractivity contribution is 0.251. The van der Waals surface area contributed by atoms with Crippen LogP contribution >= 0.6 is 0 Å². The zero-order valence-electron chi connectivity index (χ0n) is 14.5. The number of anilines is 2. The van der Waals surface area contributed by atoms with Crippen molar-refractivity contribution < 1.29 is 9.53 Å². The van der Waals surface area contributed by atoms with Gasteiger partial charge >= 0.3 is 6.03 Å². The number of nitrogens with one attached hydrogen (secondary N) is 2. The Morgan fingerprint density at radius 1 is 1.25 bits per heavy atom. The highest BCUT2D eigenvalue weighted by Gasteiger charge is 2.09. The third-order valence-corrected chi connectivity index (χ3v) is 3.16. The molecule has 0 atom stereocenters. The third kappa shape index (κ3) is 4.84. The Kier molecular flexibility index (Phi) is 5.95. The predicted molar refractivity (Wildman–Crippen MR) is 94.6 cm³/mol. The van der Waals surface area contributed by atoms with Crippen molar-refractivity contribution in [3.63, 3.8) is 0 Å². The molecule has 0 bridgehead atoms. The SMILES string of the molecule is CCOc1ccccc1NC(=O)NCc1cc(C)nc(N(C)C)n1. The minimum Gasteiger partial charge on any atom is -0.492 e. The first kappa shape index (κ1) is 17.5. The largest absolute Gasteiger partial charge is 0.492 e. The van der Waals surface area contributed by atoms with Crippen LogP contribution in [0.2, 0.25) is 0 Å². The normalized spacial score (nSPS) is 10.2. The second-order valence-corrected chi connectivity index (χ2v) is 5.43. The maximum atomic E-state index is 12.1. The topological polar surface area (TPSA) is 79.4 Å². The molecule has 128 valence electrons. The fourth-order valence-corrected chi connectivity index (χ4v) is 2.10. The molecule has 24 heavy (non-hydrogen) atoms. The van der Waals surface area contributed by atoms with Crippen LogP contribution in [-0.2, 0) is 6.54 Å². The van der Waals surface area contributed by atoms with Gasteiger partial charge < -0.3 is 20.3 Å². The fraction of sp³-hybridized carbons (Fsp3) is 0.353. The molecule has 1 aromatic heterocycles. The fourth-order valence-electron chi connectivity index (χ4n) is 2.10. The molecule has 1 aromatic carbocycles. The summed E-state index contributed by atoms with van der Waals surface area (Å²) in [6, 6.07) is 8.85. The molecule has 1 heterocycles. The lowest BCUT2D eigenvalue weighted by Gasteiger charge is -2.14. The average Bonchev–Trinajstić information content (AvgIpc) is 2.54. The standard InChI is InChI=1S/C17H23N5O2/c1-5-24-15-9-7-6-8-14(15)21-17(23)18-11-13-10-12(2)19-16(20-13)22(3)4/h6-10H,5,11H2,1-4H3,(H2,18,21,23). The number of carbonyl (C=O) groups excluding carboxylic acids is 1. The summed E-state index contributed by atoms with van der Waals surface area (Å²) in [5.41, 5.74) is 2.23. The van der Waals surface area contributed by atoms with Crippen LogP contribution in [0.15, 0.2) is 30.3 Å². The molecule has 7 nitrogen and oxygen atoms in total. The number of rotatable bonds is 6. The Morgan fingerprint density at radius 3 is 2.71 bits per heavy atom. The summed E-state index contributed by atoms with van der Waals surface area (Å²) < 4.78 is 5.49. The van der Waals surface area contributed by atoms with Gasteiger partial charge in [0.2, 0.25) is 5.95 Å². The Bertz CT molecular complexity index is 703. The smallest absolute Gasteiger partial charge is 0.319 e. The van der Waals surface area contributed by atoms with Gasteiger partial charge in [-0.15, -0.1) is 0 Å². The number of hydrogen-bond acceptors (Lipinski definition) is 5. The highest BCUT2D eigenvalue weighted by Crippen LogP contribution is 2.23. The van der Waals surface area contributed by atoms with E-state index >= 15 is 0 Å². The van der Waals surface area contributed by atoms with Gasteiger partial charge in [-0.1, -0.05) is 12.1 Å². The Labute approximate surface area is 142 Å². The van der Waals surface area contributed by atoms with Gasteiger partial charge in [-0.05, 0) is 32.0 Å². The van der Waals surface area contributed by atoms with E-state index < -0.39 is 0 Å². The van der Waals surface area contributed by atoms with Crippen LogP contribution in [0.3, 0.4) is 0 Å². The van der Waals surface area contributed by atoms with Gasteiger partial charge in [0.25, 0.3) is 0 Å². The van der Waals surface area contributed by atoms with Crippen LogP contribution in [0.25, 0.3) is 0 Å². The molecule has 2 amide bonds. The summed E-state index contributed by atoms with van der Waals surface area (Å²) >= 11 is 0. The van der Waals surface area contributed by atoms with Gasteiger partial charge in [-0.3, -0.25) is 0 Å². The summed E-state index contributed by atoms with van der Waals surface area (Å²) in [6.45, 7) is 4.65. The van der Waals surface area contributed by atoms with Gasteiger partial charge in [0.1, 0.15) is 5.75 Å². The van der Waals surface area contributed by atoms with Crippen molar-refractivity contribution in [3.8, 4) is 5.75 Å². The first-order valence-electron chi connectivity index (χ1n) is 7.78. The van der Waals surface area contributed by atoms with Crippen molar-refractivity contribution in [1.82, 2.24) is 15.3 Å². The van der Waals surface area contributed by atoms with Crippen molar-refractivity contribution in [3.05, 3.63) is 41.7 Å². The molecule has 0 radical (unpaired) electrons. The van der Waals surface area contributed by atoms with E-state index in [1.807, 2.05) is 57.1 Å². The molecule has 2 N–H and O–H groups in total. The number of amides is 2. The van der Waals surface area contributed by atoms with Gasteiger partial charge in [-0.2, -0.15) is 0 Å². The molecule has 0 unspecified atom stereocenters. The molecule has 7 heteroatoms.